The Hall–Kier alpha value is -4.04. The Morgan fingerprint density at radius 2 is 1.17 bits per heavy atom. The van der Waals surface area contributed by atoms with E-state index in [4.69, 9.17) is 0 Å². The van der Waals surface area contributed by atoms with E-state index in [1.165, 1.54) is 28.2 Å². The van der Waals surface area contributed by atoms with E-state index in [1.54, 1.807) is 0 Å². The summed E-state index contributed by atoms with van der Waals surface area (Å²) in [6.45, 7) is 6.63. The van der Waals surface area contributed by atoms with Gasteiger partial charge in [-0.3, -0.25) is 0 Å². The van der Waals surface area contributed by atoms with Crippen molar-refractivity contribution in [1.82, 2.24) is 0 Å². The summed E-state index contributed by atoms with van der Waals surface area (Å²) in [6.07, 6.45) is 7.92. The Kier molecular flexibility index (Phi) is 7.04. The number of allylic oxidation sites excluding steroid dienone is 1. The van der Waals surface area contributed by atoms with Crippen LogP contribution in [0.4, 0.5) is 22.7 Å². The molecule has 0 aromatic heterocycles. The average molecular weight is 471 g/mol. The summed E-state index contributed by atoms with van der Waals surface area (Å²) in [4.78, 5) is 4.79. The van der Waals surface area contributed by atoms with E-state index in [1.807, 2.05) is 0 Å². The van der Waals surface area contributed by atoms with Crippen molar-refractivity contribution in [3.8, 4) is 0 Å². The molecule has 2 heteroatoms. The van der Waals surface area contributed by atoms with Crippen LogP contribution in [0.25, 0.3) is 0 Å². The number of aryl methyl sites for hydroxylation is 1. The van der Waals surface area contributed by atoms with Gasteiger partial charge in [0.1, 0.15) is 0 Å². The Labute approximate surface area is 215 Å². The second-order valence-corrected chi connectivity index (χ2v) is 9.75. The first-order valence-corrected chi connectivity index (χ1v) is 12.8. The summed E-state index contributed by atoms with van der Waals surface area (Å²) >= 11 is 0. The molecular weight excluding hydrogens is 436 g/mol. The number of nitrogens with zero attached hydrogens (tertiary/aromatic N) is 2. The lowest BCUT2D eigenvalue weighted by Gasteiger charge is -2.35. The SMILES string of the molecule is Cc1ccc(N(c2ccc(C(C)C)cc2)C2C=CC(N(c3ccccc3)c3ccccc3)=CC2)cc1. The van der Waals surface area contributed by atoms with Crippen LogP contribution in [-0.2, 0) is 0 Å². The van der Waals surface area contributed by atoms with Crippen molar-refractivity contribution < 1.29 is 0 Å². The Morgan fingerprint density at radius 3 is 1.64 bits per heavy atom. The molecule has 4 aromatic rings. The van der Waals surface area contributed by atoms with Gasteiger partial charge in [-0.05, 0) is 79.4 Å². The molecule has 1 aliphatic rings. The van der Waals surface area contributed by atoms with Crippen molar-refractivity contribution in [2.75, 3.05) is 9.80 Å². The minimum absolute atomic E-state index is 0.231. The van der Waals surface area contributed by atoms with Gasteiger partial charge in [0.15, 0.2) is 0 Å². The highest BCUT2D eigenvalue weighted by molar-refractivity contribution is 5.71. The van der Waals surface area contributed by atoms with Gasteiger partial charge < -0.3 is 9.80 Å². The molecule has 1 unspecified atom stereocenters. The molecule has 0 N–H and O–H groups in total. The monoisotopic (exact) mass is 470 g/mol. The number of hydrogen-bond donors (Lipinski definition) is 0. The molecular formula is C34H34N2. The third kappa shape index (κ3) is 5.13. The molecule has 1 aliphatic carbocycles. The molecule has 0 bridgehead atoms. The second-order valence-electron chi connectivity index (χ2n) is 9.75. The molecule has 0 heterocycles. The van der Waals surface area contributed by atoms with Crippen LogP contribution < -0.4 is 9.80 Å². The molecule has 0 fully saturated rings. The average Bonchev–Trinajstić information content (AvgIpc) is 2.92. The molecule has 0 saturated heterocycles. The van der Waals surface area contributed by atoms with E-state index in [0.29, 0.717) is 5.92 Å². The molecule has 0 radical (unpaired) electrons. The fourth-order valence-corrected chi connectivity index (χ4v) is 4.81. The van der Waals surface area contributed by atoms with Crippen LogP contribution in [0.1, 0.15) is 37.3 Å². The van der Waals surface area contributed by atoms with Gasteiger partial charge in [0.05, 0.1) is 6.04 Å². The zero-order valence-electron chi connectivity index (χ0n) is 21.4. The van der Waals surface area contributed by atoms with Crippen LogP contribution in [0, 0.1) is 6.92 Å². The van der Waals surface area contributed by atoms with Crippen LogP contribution in [0.15, 0.2) is 133 Å². The molecule has 0 saturated carbocycles. The van der Waals surface area contributed by atoms with Crippen molar-refractivity contribution >= 4 is 22.7 Å². The van der Waals surface area contributed by atoms with Crippen molar-refractivity contribution in [2.45, 2.75) is 39.2 Å². The fraction of sp³-hybridized carbons (Fsp3) is 0.176. The minimum atomic E-state index is 0.231. The zero-order valence-corrected chi connectivity index (χ0v) is 21.4. The maximum Gasteiger partial charge on any atom is 0.0561 e. The molecule has 36 heavy (non-hydrogen) atoms. The van der Waals surface area contributed by atoms with E-state index < -0.39 is 0 Å². The first-order chi connectivity index (χ1) is 17.6. The zero-order chi connectivity index (χ0) is 24.9. The number of anilines is 4. The molecule has 0 amide bonds. The van der Waals surface area contributed by atoms with Gasteiger partial charge in [0.25, 0.3) is 0 Å². The van der Waals surface area contributed by atoms with Gasteiger partial charge in [-0.2, -0.15) is 0 Å². The third-order valence-corrected chi connectivity index (χ3v) is 6.83. The number of rotatable bonds is 7. The third-order valence-electron chi connectivity index (χ3n) is 6.83. The normalized spacial score (nSPS) is 15.0. The summed E-state index contributed by atoms with van der Waals surface area (Å²) in [5.41, 5.74) is 8.60. The highest BCUT2D eigenvalue weighted by Gasteiger charge is 2.23. The maximum atomic E-state index is 2.46. The standard InChI is InChI=1S/C34H34N2/c1-26(2)28-16-20-32(21-17-28)36(31-18-14-27(3)15-19-31)34-24-22-33(23-25-34)35(29-10-6-4-7-11-29)30-12-8-5-9-13-30/h4-24,26,34H,25H2,1-3H3. The molecule has 2 nitrogen and oxygen atoms in total. The van der Waals surface area contributed by atoms with E-state index in [-0.39, 0.29) is 6.04 Å². The lowest BCUT2D eigenvalue weighted by Crippen LogP contribution is -2.31. The van der Waals surface area contributed by atoms with Crippen molar-refractivity contribution in [2.24, 2.45) is 0 Å². The lowest BCUT2D eigenvalue weighted by molar-refractivity contribution is 0.775. The van der Waals surface area contributed by atoms with Crippen molar-refractivity contribution in [3.05, 3.63) is 144 Å². The summed E-state index contributed by atoms with van der Waals surface area (Å²) in [5, 5.41) is 0. The molecule has 4 aromatic carbocycles. The molecule has 5 rings (SSSR count). The van der Waals surface area contributed by atoms with Gasteiger partial charge in [-0.25, -0.2) is 0 Å². The molecule has 1 atom stereocenters. The van der Waals surface area contributed by atoms with E-state index >= 15 is 0 Å². The van der Waals surface area contributed by atoms with Gasteiger partial charge in [0.2, 0.25) is 0 Å². The second kappa shape index (κ2) is 10.7. The maximum absolute atomic E-state index is 2.46. The highest BCUT2D eigenvalue weighted by Crippen LogP contribution is 2.36. The first kappa shape index (κ1) is 23.7. The lowest BCUT2D eigenvalue weighted by atomic mass is 9.99. The van der Waals surface area contributed by atoms with Gasteiger partial charge in [-0.1, -0.05) is 92.2 Å². The smallest absolute Gasteiger partial charge is 0.0561 e. The number of para-hydroxylation sites is 2. The Balaban J connectivity index is 1.48. The van der Waals surface area contributed by atoms with Crippen LogP contribution in [-0.4, -0.2) is 6.04 Å². The molecule has 0 spiro atoms. The number of benzene rings is 4. The van der Waals surface area contributed by atoms with Gasteiger partial charge >= 0.3 is 0 Å². The van der Waals surface area contributed by atoms with Crippen molar-refractivity contribution in [3.63, 3.8) is 0 Å². The van der Waals surface area contributed by atoms with Crippen LogP contribution in [0.3, 0.4) is 0 Å². The van der Waals surface area contributed by atoms with Gasteiger partial charge in [0, 0.05) is 28.4 Å². The molecule has 0 aliphatic heterocycles. The quantitative estimate of drug-likeness (QED) is 0.265. The summed E-state index contributed by atoms with van der Waals surface area (Å²) in [7, 11) is 0. The Bertz CT molecular complexity index is 1280. The van der Waals surface area contributed by atoms with E-state index in [0.717, 1.165) is 17.8 Å². The molecule has 180 valence electrons. The first-order valence-electron chi connectivity index (χ1n) is 12.8. The summed E-state index contributed by atoms with van der Waals surface area (Å²) in [5.74, 6) is 0.522. The van der Waals surface area contributed by atoms with Crippen LogP contribution in [0.2, 0.25) is 0 Å². The Morgan fingerprint density at radius 1 is 0.639 bits per heavy atom. The van der Waals surface area contributed by atoms with Gasteiger partial charge in [-0.15, -0.1) is 0 Å². The highest BCUT2D eigenvalue weighted by atomic mass is 15.2. The van der Waals surface area contributed by atoms with Crippen LogP contribution in [0.5, 0.6) is 0 Å². The topological polar surface area (TPSA) is 6.48 Å². The summed E-state index contributed by atoms with van der Waals surface area (Å²) < 4.78 is 0. The number of hydrogen-bond acceptors (Lipinski definition) is 2. The van der Waals surface area contributed by atoms with Crippen LogP contribution >= 0.6 is 0 Å². The van der Waals surface area contributed by atoms with Crippen molar-refractivity contribution in [1.29, 1.82) is 0 Å². The van der Waals surface area contributed by atoms with E-state index in [2.05, 4.69) is 158 Å². The predicted molar refractivity (Wildman–Crippen MR) is 154 cm³/mol. The van der Waals surface area contributed by atoms with E-state index in [9.17, 15) is 0 Å². The largest absolute Gasteiger partial charge is 0.334 e. The summed E-state index contributed by atoms with van der Waals surface area (Å²) in [6, 6.07) is 39.4. The minimum Gasteiger partial charge on any atom is -0.334 e. The fourth-order valence-electron chi connectivity index (χ4n) is 4.81. The predicted octanol–water partition coefficient (Wildman–Crippen LogP) is 9.31.